The molecule has 2 amide bonds. The van der Waals surface area contributed by atoms with Gasteiger partial charge in [0.1, 0.15) is 23.5 Å². The number of carboxylic acid groups (broad SMARTS) is 4. The second kappa shape index (κ2) is 23.7. The number of nitrogens with two attached hydrogens (primary N) is 2. The first kappa shape index (κ1) is 52.3. The normalized spacial score (nSPS) is 16.1. The number of hydrogen-bond acceptors (Lipinski definition) is 20. The zero-order chi connectivity index (χ0) is 48.2. The largest absolute Gasteiger partial charge is 2.00 e. The van der Waals surface area contributed by atoms with Crippen LogP contribution in [0.3, 0.4) is 0 Å². The van der Waals surface area contributed by atoms with Crippen molar-refractivity contribution in [2.24, 2.45) is 11.8 Å². The number of rotatable bonds is 18. The number of anilines is 8. The molecule has 0 saturated heterocycles. The number of benzene rings is 2. The van der Waals surface area contributed by atoms with Crippen molar-refractivity contribution in [3.63, 3.8) is 0 Å². The Morgan fingerprint density at radius 3 is 1.31 bits per heavy atom. The molecule has 352 valence electrons. The first-order valence-corrected chi connectivity index (χ1v) is 20.2. The minimum Gasteiger partial charge on any atom is -0.550 e. The van der Waals surface area contributed by atoms with Crippen molar-refractivity contribution in [1.82, 2.24) is 30.6 Å². The van der Waals surface area contributed by atoms with Gasteiger partial charge in [0.2, 0.25) is 11.9 Å². The smallest absolute Gasteiger partial charge is 0.550 e. The maximum atomic E-state index is 12.4. The van der Waals surface area contributed by atoms with Crippen molar-refractivity contribution in [3.8, 4) is 0 Å². The molecule has 26 nitrogen and oxygen atoms in total. The monoisotopic (exact) mass is 956 g/mol. The predicted molar refractivity (Wildman–Crippen MR) is 241 cm³/mol. The van der Waals surface area contributed by atoms with E-state index in [1.54, 1.807) is 24.3 Å². The van der Waals surface area contributed by atoms with Crippen molar-refractivity contribution in [2.45, 2.75) is 50.9 Å². The number of aromatic nitrogens is 4. The van der Waals surface area contributed by atoms with Crippen LogP contribution in [0.1, 0.15) is 47.4 Å². The minimum absolute atomic E-state index is 0. The van der Waals surface area contributed by atoms with Crippen LogP contribution in [-0.4, -0.2) is 154 Å². The fraction of sp³-hybridized carbons (Fsp3) is 0.350. The quantitative estimate of drug-likeness (QED) is 0.0439. The number of nitrogens with zero attached hydrogens (tertiary/aromatic N) is 2. The van der Waals surface area contributed by atoms with Gasteiger partial charge in [-0.05, 0) is 73.2 Å². The molecular formula is C40H48CaN14O12. The number of aliphatic carboxylic acids is 4. The van der Waals surface area contributed by atoms with Gasteiger partial charge in [-0.2, -0.15) is 9.97 Å². The standard InChI is InChI=1S/2C20H25N7O6.Ca/c2*1-9(18(30)31)6-13(19(32)33)25-16(28)10-2-4-11(5-3-10)22-7-12-8-23-15-14(24-12)17(29)27-20(21)26-15;/h2*2-5,9,12-13,22,24H,6-8H2,1H3,(H,25,28)(H,30,31)(H,32,33)(H4,21,23,26,27,29);/q;;+2/p-2. The van der Waals surface area contributed by atoms with Gasteiger partial charge in [0.15, 0.2) is 11.6 Å². The number of hydrogen-bond donors (Lipinski definition) is 14. The molecule has 6 rings (SSSR count). The van der Waals surface area contributed by atoms with Crippen LogP contribution in [-0.2, 0) is 19.2 Å². The molecule has 27 heteroatoms. The number of carboxylic acids is 4. The maximum Gasteiger partial charge on any atom is 2.00 e. The summed E-state index contributed by atoms with van der Waals surface area (Å²) in [4.78, 5) is 106. The van der Waals surface area contributed by atoms with Gasteiger partial charge in [0.25, 0.3) is 22.9 Å². The number of amides is 2. The van der Waals surface area contributed by atoms with Crippen LogP contribution in [0.4, 0.5) is 46.3 Å². The summed E-state index contributed by atoms with van der Waals surface area (Å²) in [6.45, 7) is 4.52. The molecule has 6 atom stereocenters. The molecule has 0 spiro atoms. The van der Waals surface area contributed by atoms with Crippen LogP contribution < -0.4 is 75.3 Å². The molecule has 67 heavy (non-hydrogen) atoms. The number of nitrogens with one attached hydrogen (secondary N) is 10. The second-order valence-corrected chi connectivity index (χ2v) is 15.4. The van der Waals surface area contributed by atoms with E-state index in [4.69, 9.17) is 11.5 Å². The molecule has 0 fully saturated rings. The molecule has 2 aromatic carbocycles. The van der Waals surface area contributed by atoms with E-state index in [0.717, 1.165) is 0 Å². The Kier molecular flexibility index (Phi) is 18.5. The molecular weight excluding hydrogens is 909 g/mol. The summed E-state index contributed by atoms with van der Waals surface area (Å²) < 4.78 is 0. The second-order valence-electron chi connectivity index (χ2n) is 15.4. The minimum atomic E-state index is -1.39. The zero-order valence-electron chi connectivity index (χ0n) is 36.1. The van der Waals surface area contributed by atoms with Crippen LogP contribution in [0.5, 0.6) is 0 Å². The van der Waals surface area contributed by atoms with Crippen LogP contribution >= 0.6 is 0 Å². The fourth-order valence-electron chi connectivity index (χ4n) is 6.49. The van der Waals surface area contributed by atoms with Gasteiger partial charge in [0.05, 0.1) is 12.1 Å². The van der Waals surface area contributed by atoms with Crippen LogP contribution in [0.2, 0.25) is 0 Å². The van der Waals surface area contributed by atoms with E-state index in [9.17, 15) is 58.8 Å². The first-order chi connectivity index (χ1) is 31.3. The van der Waals surface area contributed by atoms with Gasteiger partial charge < -0.3 is 84.0 Å². The summed E-state index contributed by atoms with van der Waals surface area (Å²) in [6.07, 6.45) is -0.584. The van der Waals surface area contributed by atoms with E-state index in [1.165, 1.54) is 38.1 Å². The predicted octanol–water partition coefficient (Wildman–Crippen LogP) is -3.12. The van der Waals surface area contributed by atoms with Gasteiger partial charge in [-0.25, -0.2) is 9.59 Å². The Bertz CT molecular complexity index is 2380. The molecule has 4 heterocycles. The number of fused-ring (bicyclic) bond motifs is 2. The molecule has 4 aromatic rings. The molecule has 0 saturated carbocycles. The SMILES string of the molecule is CC(CC(NC(=O)c1ccc(NCC2CNc3nc(N)[nH]c(=O)c3N2)cc1)C(=O)O)C(=O)[O-].CC(CC(NC(=O)c1ccc(NCC2CNc3nc(N)[nH]c(=O)c3N2)cc1)C(=O)O)C(=O)[O-].[Ca+2]. The van der Waals surface area contributed by atoms with Crippen molar-refractivity contribution in [3.05, 3.63) is 80.4 Å². The number of carbonyl (C=O) groups is 6. The molecule has 2 aliphatic heterocycles. The van der Waals surface area contributed by atoms with E-state index in [1.807, 2.05) is 0 Å². The summed E-state index contributed by atoms with van der Waals surface area (Å²) in [5.74, 6) is -7.96. The summed E-state index contributed by atoms with van der Waals surface area (Å²) in [5.41, 5.74) is 12.7. The van der Waals surface area contributed by atoms with Crippen molar-refractivity contribution in [1.29, 1.82) is 0 Å². The summed E-state index contributed by atoms with van der Waals surface area (Å²) >= 11 is 0. The van der Waals surface area contributed by atoms with Gasteiger partial charge in [0, 0.05) is 60.6 Å². The summed E-state index contributed by atoms with van der Waals surface area (Å²) in [6, 6.07) is 9.66. The van der Waals surface area contributed by atoms with E-state index in [0.29, 0.717) is 60.6 Å². The average Bonchev–Trinajstić information content (AvgIpc) is 3.27. The van der Waals surface area contributed by atoms with E-state index in [-0.39, 0.29) is 96.8 Å². The zero-order valence-corrected chi connectivity index (χ0v) is 38.3. The summed E-state index contributed by atoms with van der Waals surface area (Å²) in [7, 11) is 0. The van der Waals surface area contributed by atoms with Gasteiger partial charge in [-0.1, -0.05) is 13.8 Å². The molecule has 0 bridgehead atoms. The summed E-state index contributed by atoms with van der Waals surface area (Å²) in [5, 5.41) is 63.5. The molecule has 16 N–H and O–H groups in total. The van der Waals surface area contributed by atoms with Crippen LogP contribution in [0.25, 0.3) is 0 Å². The average molecular weight is 957 g/mol. The number of aromatic amines is 2. The van der Waals surface area contributed by atoms with Crippen LogP contribution in [0, 0.1) is 11.8 Å². The van der Waals surface area contributed by atoms with E-state index in [2.05, 4.69) is 62.5 Å². The molecule has 6 unspecified atom stereocenters. The Hall–Kier alpha value is -7.32. The maximum absolute atomic E-state index is 12.4. The Labute approximate surface area is 409 Å². The van der Waals surface area contributed by atoms with E-state index >= 15 is 0 Å². The molecule has 2 aliphatic rings. The third-order valence-corrected chi connectivity index (χ3v) is 10.2. The van der Waals surface area contributed by atoms with Crippen molar-refractivity contribution >= 4 is 120 Å². The fourth-order valence-corrected chi connectivity index (χ4v) is 6.49. The molecule has 2 aromatic heterocycles. The Balaban J connectivity index is 0.000000288. The van der Waals surface area contributed by atoms with Gasteiger partial charge in [-0.3, -0.25) is 29.1 Å². The molecule has 0 aliphatic carbocycles. The Morgan fingerprint density at radius 2 is 1.00 bits per heavy atom. The van der Waals surface area contributed by atoms with Crippen LogP contribution in [0.15, 0.2) is 58.1 Å². The number of H-pyrrole nitrogens is 2. The Morgan fingerprint density at radius 1 is 0.657 bits per heavy atom. The van der Waals surface area contributed by atoms with Gasteiger partial charge >= 0.3 is 49.7 Å². The number of nitrogen functional groups attached to an aromatic ring is 2. The van der Waals surface area contributed by atoms with Crippen molar-refractivity contribution in [2.75, 3.05) is 69.5 Å². The third-order valence-electron chi connectivity index (χ3n) is 10.2. The van der Waals surface area contributed by atoms with E-state index < -0.39 is 59.6 Å². The number of carbonyl (C=O) groups excluding carboxylic acids is 4. The molecule has 0 radical (unpaired) electrons. The third kappa shape index (κ3) is 14.8. The van der Waals surface area contributed by atoms with Gasteiger partial charge in [-0.15, -0.1) is 0 Å². The van der Waals surface area contributed by atoms with Crippen molar-refractivity contribution < 1.29 is 49.2 Å². The first-order valence-electron chi connectivity index (χ1n) is 20.2. The topological polar surface area (TPSA) is 429 Å².